The average molecular weight is 245 g/mol. The van der Waals surface area contributed by atoms with Crippen molar-refractivity contribution in [1.82, 2.24) is 9.97 Å². The van der Waals surface area contributed by atoms with Gasteiger partial charge in [-0.1, -0.05) is 0 Å². The Morgan fingerprint density at radius 1 is 1.42 bits per heavy atom. The molecule has 0 aliphatic carbocycles. The van der Waals surface area contributed by atoms with Crippen LogP contribution in [-0.2, 0) is 0 Å². The van der Waals surface area contributed by atoms with Crippen LogP contribution >= 0.6 is 27.3 Å². The van der Waals surface area contributed by atoms with Crippen LogP contribution in [0.5, 0.6) is 0 Å². The lowest BCUT2D eigenvalue weighted by molar-refractivity contribution is 1.19. The molecule has 0 fully saturated rings. The van der Waals surface area contributed by atoms with Crippen molar-refractivity contribution in [2.24, 2.45) is 0 Å². The first-order valence-corrected chi connectivity index (χ1v) is 4.90. The maximum Gasteiger partial charge on any atom is 0.323 e. The molecular weight excluding hydrogens is 240 g/mol. The summed E-state index contributed by atoms with van der Waals surface area (Å²) < 4.78 is 1.06. The summed E-state index contributed by atoms with van der Waals surface area (Å²) in [6.07, 6.45) is 1.67. The van der Waals surface area contributed by atoms with Crippen LogP contribution in [0, 0.1) is 0 Å². The fraction of sp³-hybridized carbons (Fsp3) is 0. The molecule has 0 unspecified atom stereocenters. The maximum absolute atomic E-state index is 10.8. The third-order valence-corrected chi connectivity index (χ3v) is 3.09. The van der Waals surface area contributed by atoms with E-state index in [0.717, 1.165) is 14.4 Å². The van der Waals surface area contributed by atoms with Gasteiger partial charge in [0.2, 0.25) is 0 Å². The Bertz CT molecular complexity index is 442. The molecule has 0 atom stereocenters. The van der Waals surface area contributed by atoms with Gasteiger partial charge >= 0.3 is 5.69 Å². The van der Waals surface area contributed by atoms with E-state index in [4.69, 9.17) is 0 Å². The first-order chi connectivity index (χ1) is 5.75. The van der Waals surface area contributed by atoms with E-state index in [2.05, 4.69) is 25.9 Å². The normalized spacial score (nSPS) is 10.4. The number of thiophene rings is 1. The quantitative estimate of drug-likeness (QED) is 0.794. The fourth-order valence-corrected chi connectivity index (χ4v) is 2.28. The highest BCUT2D eigenvalue weighted by Gasteiger charge is 2.02. The number of aromatic nitrogens is 2. The van der Waals surface area contributed by atoms with Gasteiger partial charge in [-0.3, -0.25) is 0 Å². The van der Waals surface area contributed by atoms with Crippen molar-refractivity contribution in [3.05, 3.63) is 32.6 Å². The molecule has 12 heavy (non-hydrogen) atoms. The molecule has 0 aromatic carbocycles. The second-order valence-electron chi connectivity index (χ2n) is 2.26. The molecule has 0 amide bonds. The monoisotopic (exact) mass is 244 g/mol. The third-order valence-electron chi connectivity index (χ3n) is 1.43. The Morgan fingerprint density at radius 2 is 2.25 bits per heavy atom. The average Bonchev–Trinajstić information content (AvgIpc) is 2.58. The molecule has 62 valence electrons. The highest BCUT2D eigenvalue weighted by molar-refractivity contribution is 9.11. The summed E-state index contributed by atoms with van der Waals surface area (Å²) in [5, 5.41) is 0. The van der Waals surface area contributed by atoms with Gasteiger partial charge in [-0.05, 0) is 28.1 Å². The van der Waals surface area contributed by atoms with E-state index in [0.29, 0.717) is 0 Å². The Labute approximate surface area is 80.6 Å². The SMILES string of the molecule is O=c1[nH]cc(-c2ccc(Br)s2)[nH]1. The largest absolute Gasteiger partial charge is 0.323 e. The van der Waals surface area contributed by atoms with E-state index in [1.54, 1.807) is 17.5 Å². The molecule has 0 saturated carbocycles. The number of halogens is 1. The molecule has 0 bridgehead atoms. The molecule has 3 nitrogen and oxygen atoms in total. The summed E-state index contributed by atoms with van der Waals surface area (Å²) in [6.45, 7) is 0. The lowest BCUT2D eigenvalue weighted by atomic mass is 10.4. The predicted octanol–water partition coefficient (Wildman–Crippen LogP) is 2.19. The van der Waals surface area contributed by atoms with Crippen LogP contribution in [0.15, 0.2) is 26.9 Å². The predicted molar refractivity (Wildman–Crippen MR) is 52.4 cm³/mol. The van der Waals surface area contributed by atoms with Crippen LogP contribution in [0.3, 0.4) is 0 Å². The molecule has 2 aromatic heterocycles. The van der Waals surface area contributed by atoms with Crippen LogP contribution in [-0.4, -0.2) is 9.97 Å². The van der Waals surface area contributed by atoms with Crippen LogP contribution in [0.4, 0.5) is 0 Å². The number of hydrogen-bond donors (Lipinski definition) is 2. The molecule has 2 rings (SSSR count). The van der Waals surface area contributed by atoms with E-state index in [1.165, 1.54) is 0 Å². The van der Waals surface area contributed by atoms with Crippen molar-refractivity contribution in [2.75, 3.05) is 0 Å². The molecule has 0 aliphatic rings. The zero-order valence-corrected chi connectivity index (χ0v) is 8.33. The minimum absolute atomic E-state index is 0.172. The molecule has 0 spiro atoms. The van der Waals surface area contributed by atoms with Crippen molar-refractivity contribution >= 4 is 27.3 Å². The van der Waals surface area contributed by atoms with Crippen molar-refractivity contribution < 1.29 is 0 Å². The topological polar surface area (TPSA) is 48.6 Å². The van der Waals surface area contributed by atoms with Gasteiger partial charge in [-0.2, -0.15) is 0 Å². The molecular formula is C7H5BrN2OS. The second-order valence-corrected chi connectivity index (χ2v) is 4.72. The van der Waals surface area contributed by atoms with Crippen LogP contribution < -0.4 is 5.69 Å². The van der Waals surface area contributed by atoms with Gasteiger partial charge in [0.25, 0.3) is 0 Å². The summed E-state index contributed by atoms with van der Waals surface area (Å²) in [5.74, 6) is 0. The van der Waals surface area contributed by atoms with Gasteiger partial charge in [0.1, 0.15) is 0 Å². The van der Waals surface area contributed by atoms with Gasteiger partial charge in [0, 0.05) is 6.20 Å². The van der Waals surface area contributed by atoms with Gasteiger partial charge in [0.15, 0.2) is 0 Å². The molecule has 5 heteroatoms. The first kappa shape index (κ1) is 7.82. The van der Waals surface area contributed by atoms with E-state index in [1.807, 2.05) is 12.1 Å². The van der Waals surface area contributed by atoms with Gasteiger partial charge in [0.05, 0.1) is 14.4 Å². The molecule has 2 heterocycles. The minimum atomic E-state index is -0.172. The third kappa shape index (κ3) is 1.37. The number of aromatic amines is 2. The standard InChI is InChI=1S/C7H5BrN2OS/c8-6-2-1-5(12-6)4-3-9-7(11)10-4/h1-3H,(H2,9,10,11). The zero-order valence-electron chi connectivity index (χ0n) is 5.93. The van der Waals surface area contributed by atoms with Crippen LogP contribution in [0.2, 0.25) is 0 Å². The Balaban J connectivity index is 2.50. The number of nitrogens with one attached hydrogen (secondary N) is 2. The van der Waals surface area contributed by atoms with Gasteiger partial charge in [-0.25, -0.2) is 4.79 Å². The molecule has 0 aliphatic heterocycles. The first-order valence-electron chi connectivity index (χ1n) is 3.29. The summed E-state index contributed by atoms with van der Waals surface area (Å²) in [5.41, 5.74) is 0.658. The summed E-state index contributed by atoms with van der Waals surface area (Å²) >= 11 is 4.93. The minimum Gasteiger partial charge on any atom is -0.312 e. The van der Waals surface area contributed by atoms with Gasteiger partial charge < -0.3 is 9.97 Å². The Hall–Kier alpha value is -0.810. The number of hydrogen-bond acceptors (Lipinski definition) is 2. The molecule has 2 aromatic rings. The van der Waals surface area contributed by atoms with Crippen molar-refractivity contribution in [3.63, 3.8) is 0 Å². The van der Waals surface area contributed by atoms with Gasteiger partial charge in [-0.15, -0.1) is 11.3 Å². The Morgan fingerprint density at radius 3 is 2.75 bits per heavy atom. The van der Waals surface area contributed by atoms with E-state index in [9.17, 15) is 4.79 Å². The lowest BCUT2D eigenvalue weighted by Gasteiger charge is -1.85. The summed E-state index contributed by atoms with van der Waals surface area (Å²) in [7, 11) is 0. The molecule has 0 saturated heterocycles. The van der Waals surface area contributed by atoms with Crippen molar-refractivity contribution in [3.8, 4) is 10.6 Å². The smallest absolute Gasteiger partial charge is 0.312 e. The van der Waals surface area contributed by atoms with E-state index >= 15 is 0 Å². The summed E-state index contributed by atoms with van der Waals surface area (Å²) in [6, 6.07) is 3.90. The highest BCUT2D eigenvalue weighted by atomic mass is 79.9. The second kappa shape index (κ2) is 2.91. The number of imidazole rings is 1. The number of rotatable bonds is 1. The molecule has 2 N–H and O–H groups in total. The van der Waals surface area contributed by atoms with Crippen LogP contribution in [0.25, 0.3) is 10.6 Å². The molecule has 0 radical (unpaired) electrons. The Kier molecular flexibility index (Phi) is 1.90. The van der Waals surface area contributed by atoms with E-state index < -0.39 is 0 Å². The van der Waals surface area contributed by atoms with Crippen LogP contribution in [0.1, 0.15) is 0 Å². The van der Waals surface area contributed by atoms with Crippen molar-refractivity contribution in [1.29, 1.82) is 0 Å². The number of H-pyrrole nitrogens is 2. The highest BCUT2D eigenvalue weighted by Crippen LogP contribution is 2.28. The maximum atomic E-state index is 10.8. The zero-order chi connectivity index (χ0) is 8.55. The van der Waals surface area contributed by atoms with Crippen molar-refractivity contribution in [2.45, 2.75) is 0 Å². The summed E-state index contributed by atoms with van der Waals surface area (Å²) in [4.78, 5) is 17.0. The van der Waals surface area contributed by atoms with E-state index in [-0.39, 0.29) is 5.69 Å². The fourth-order valence-electron chi connectivity index (χ4n) is 0.924. The lowest BCUT2D eigenvalue weighted by Crippen LogP contribution is -1.99.